The van der Waals surface area contributed by atoms with Crippen LogP contribution in [-0.2, 0) is 0 Å². The number of amides is 1. The molecule has 5 heteroatoms. The first-order chi connectivity index (χ1) is 8.11. The maximum absolute atomic E-state index is 11.6. The molecule has 2 rings (SSSR count). The zero-order valence-electron chi connectivity index (χ0n) is 10.3. The summed E-state index contributed by atoms with van der Waals surface area (Å²) in [4.78, 5) is 14.6. The predicted octanol–water partition coefficient (Wildman–Crippen LogP) is 1.93. The first-order valence-electron chi connectivity index (χ1n) is 5.98. The number of hydrogen-bond acceptors (Lipinski definition) is 4. The van der Waals surface area contributed by atoms with Crippen LogP contribution < -0.4 is 16.0 Å². The number of nitrogens with zero attached hydrogens (tertiary/aromatic N) is 1. The molecule has 1 unspecified atom stereocenters. The van der Waals surface area contributed by atoms with Crippen molar-refractivity contribution in [2.24, 2.45) is 5.92 Å². The Labute approximate surface area is 106 Å². The first-order valence-corrected chi connectivity index (χ1v) is 6.79. The Morgan fingerprint density at radius 2 is 2.41 bits per heavy atom. The fourth-order valence-corrected chi connectivity index (χ4v) is 3.29. The van der Waals surface area contributed by atoms with Gasteiger partial charge in [-0.25, -0.2) is 0 Å². The van der Waals surface area contributed by atoms with Gasteiger partial charge in [0.25, 0.3) is 5.91 Å². The summed E-state index contributed by atoms with van der Waals surface area (Å²) in [5, 5.41) is 3.74. The SMILES string of the molecule is CNC(=O)c1sc(N2CCCC(C)C2)cc1N. The Morgan fingerprint density at radius 1 is 1.65 bits per heavy atom. The van der Waals surface area contributed by atoms with Crippen molar-refractivity contribution < 1.29 is 4.79 Å². The standard InChI is InChI=1S/C12H19N3OS/c1-8-4-3-5-15(7-8)10-6-9(13)11(17-10)12(16)14-2/h6,8H,3-5,7,13H2,1-2H3,(H,14,16). The fraction of sp³-hybridized carbons (Fsp3) is 0.583. The van der Waals surface area contributed by atoms with Crippen LogP contribution >= 0.6 is 11.3 Å². The Bertz CT molecular complexity index is 416. The van der Waals surface area contributed by atoms with E-state index in [1.165, 1.54) is 24.2 Å². The van der Waals surface area contributed by atoms with E-state index in [1.807, 2.05) is 6.07 Å². The van der Waals surface area contributed by atoms with E-state index in [1.54, 1.807) is 7.05 Å². The second-order valence-electron chi connectivity index (χ2n) is 4.64. The van der Waals surface area contributed by atoms with Gasteiger partial charge < -0.3 is 16.0 Å². The van der Waals surface area contributed by atoms with Crippen molar-refractivity contribution in [2.45, 2.75) is 19.8 Å². The highest BCUT2D eigenvalue weighted by Crippen LogP contribution is 2.34. The summed E-state index contributed by atoms with van der Waals surface area (Å²) in [7, 11) is 1.63. The third-order valence-corrected chi connectivity index (χ3v) is 4.36. The Kier molecular flexibility index (Phi) is 3.57. The van der Waals surface area contributed by atoms with Crippen LogP contribution in [0.2, 0.25) is 0 Å². The molecule has 1 saturated heterocycles. The average molecular weight is 253 g/mol. The number of carbonyl (C=O) groups is 1. The lowest BCUT2D eigenvalue weighted by Crippen LogP contribution is -2.33. The van der Waals surface area contributed by atoms with Crippen molar-refractivity contribution >= 4 is 27.9 Å². The largest absolute Gasteiger partial charge is 0.397 e. The quantitative estimate of drug-likeness (QED) is 0.846. The van der Waals surface area contributed by atoms with Gasteiger partial charge in [0.05, 0.1) is 10.7 Å². The minimum Gasteiger partial charge on any atom is -0.397 e. The smallest absolute Gasteiger partial charge is 0.263 e. The highest BCUT2D eigenvalue weighted by Gasteiger charge is 2.21. The highest BCUT2D eigenvalue weighted by molar-refractivity contribution is 7.18. The van der Waals surface area contributed by atoms with Crippen LogP contribution in [-0.4, -0.2) is 26.0 Å². The van der Waals surface area contributed by atoms with E-state index in [-0.39, 0.29) is 5.91 Å². The molecule has 0 aromatic carbocycles. The molecule has 0 saturated carbocycles. The van der Waals surface area contributed by atoms with Gasteiger partial charge in [-0.3, -0.25) is 4.79 Å². The fourth-order valence-electron chi connectivity index (χ4n) is 2.23. The van der Waals surface area contributed by atoms with Crippen molar-refractivity contribution in [3.05, 3.63) is 10.9 Å². The van der Waals surface area contributed by atoms with E-state index >= 15 is 0 Å². The maximum Gasteiger partial charge on any atom is 0.263 e. The minimum absolute atomic E-state index is 0.0937. The van der Waals surface area contributed by atoms with Gasteiger partial charge in [-0.1, -0.05) is 6.92 Å². The molecular formula is C12H19N3OS. The molecule has 1 amide bonds. The van der Waals surface area contributed by atoms with Crippen LogP contribution in [0.4, 0.5) is 10.7 Å². The zero-order chi connectivity index (χ0) is 12.4. The molecule has 2 heterocycles. The summed E-state index contributed by atoms with van der Waals surface area (Å²) in [5.74, 6) is 0.624. The summed E-state index contributed by atoms with van der Waals surface area (Å²) in [6.45, 7) is 4.40. The monoisotopic (exact) mass is 253 g/mol. The minimum atomic E-state index is -0.0937. The molecule has 1 aromatic rings. The highest BCUT2D eigenvalue weighted by atomic mass is 32.1. The lowest BCUT2D eigenvalue weighted by atomic mass is 10.0. The van der Waals surface area contributed by atoms with Crippen LogP contribution in [0, 0.1) is 5.92 Å². The number of hydrogen-bond donors (Lipinski definition) is 2. The number of anilines is 2. The number of rotatable bonds is 2. The number of nitrogen functional groups attached to an aromatic ring is 1. The van der Waals surface area contributed by atoms with Gasteiger partial charge in [0.1, 0.15) is 4.88 Å². The number of carbonyl (C=O) groups excluding carboxylic acids is 1. The van der Waals surface area contributed by atoms with E-state index in [0.717, 1.165) is 24.0 Å². The van der Waals surface area contributed by atoms with Gasteiger partial charge in [0, 0.05) is 20.1 Å². The maximum atomic E-state index is 11.6. The van der Waals surface area contributed by atoms with Crippen molar-refractivity contribution in [3.8, 4) is 0 Å². The summed E-state index contributed by atoms with van der Waals surface area (Å²) >= 11 is 1.49. The van der Waals surface area contributed by atoms with Crippen LogP contribution in [0.15, 0.2) is 6.07 Å². The molecule has 1 fully saturated rings. The van der Waals surface area contributed by atoms with Gasteiger partial charge in [0.15, 0.2) is 0 Å². The van der Waals surface area contributed by atoms with Crippen LogP contribution in [0.5, 0.6) is 0 Å². The van der Waals surface area contributed by atoms with Gasteiger partial charge in [-0.2, -0.15) is 0 Å². The van der Waals surface area contributed by atoms with Crippen LogP contribution in [0.25, 0.3) is 0 Å². The molecule has 17 heavy (non-hydrogen) atoms. The first kappa shape index (κ1) is 12.2. The lowest BCUT2D eigenvalue weighted by Gasteiger charge is -2.31. The Balaban J connectivity index is 2.19. The Morgan fingerprint density at radius 3 is 3.06 bits per heavy atom. The number of thiophene rings is 1. The van der Waals surface area contributed by atoms with Crippen LogP contribution in [0.1, 0.15) is 29.4 Å². The van der Waals surface area contributed by atoms with Gasteiger partial charge >= 0.3 is 0 Å². The molecule has 0 radical (unpaired) electrons. The van der Waals surface area contributed by atoms with E-state index in [9.17, 15) is 4.79 Å². The predicted molar refractivity (Wildman–Crippen MR) is 72.7 cm³/mol. The van der Waals surface area contributed by atoms with E-state index in [4.69, 9.17) is 5.73 Å². The molecule has 1 aromatic heterocycles. The average Bonchev–Trinajstić information content (AvgIpc) is 2.70. The molecule has 1 aliphatic rings. The molecule has 94 valence electrons. The van der Waals surface area contributed by atoms with Crippen molar-refractivity contribution in [2.75, 3.05) is 30.8 Å². The summed E-state index contributed by atoms with van der Waals surface area (Å²) in [5.41, 5.74) is 6.47. The number of nitrogens with one attached hydrogen (secondary N) is 1. The van der Waals surface area contributed by atoms with E-state index in [0.29, 0.717) is 10.6 Å². The number of piperidine rings is 1. The van der Waals surface area contributed by atoms with Crippen LogP contribution in [0.3, 0.4) is 0 Å². The lowest BCUT2D eigenvalue weighted by molar-refractivity contribution is 0.0968. The summed E-state index contributed by atoms with van der Waals surface area (Å²) in [6.07, 6.45) is 2.51. The third-order valence-electron chi connectivity index (χ3n) is 3.15. The molecule has 4 nitrogen and oxygen atoms in total. The molecular weight excluding hydrogens is 234 g/mol. The molecule has 0 spiro atoms. The molecule has 1 aliphatic heterocycles. The van der Waals surface area contributed by atoms with Gasteiger partial charge in [-0.15, -0.1) is 11.3 Å². The van der Waals surface area contributed by atoms with Gasteiger partial charge in [-0.05, 0) is 24.8 Å². The number of nitrogens with two attached hydrogens (primary N) is 1. The van der Waals surface area contributed by atoms with E-state index < -0.39 is 0 Å². The molecule has 1 atom stereocenters. The zero-order valence-corrected chi connectivity index (χ0v) is 11.1. The van der Waals surface area contributed by atoms with Crippen molar-refractivity contribution in [1.29, 1.82) is 0 Å². The molecule has 3 N–H and O–H groups in total. The second kappa shape index (κ2) is 4.96. The third kappa shape index (κ3) is 2.54. The summed E-state index contributed by atoms with van der Waals surface area (Å²) in [6, 6.07) is 1.92. The normalized spacial score (nSPS) is 20.4. The summed E-state index contributed by atoms with van der Waals surface area (Å²) < 4.78 is 0. The second-order valence-corrected chi connectivity index (χ2v) is 5.67. The van der Waals surface area contributed by atoms with Crippen molar-refractivity contribution in [1.82, 2.24) is 5.32 Å². The Hall–Kier alpha value is -1.23. The topological polar surface area (TPSA) is 58.4 Å². The molecule has 0 aliphatic carbocycles. The van der Waals surface area contributed by atoms with E-state index in [2.05, 4.69) is 17.1 Å². The van der Waals surface area contributed by atoms with Crippen molar-refractivity contribution in [3.63, 3.8) is 0 Å². The molecule has 0 bridgehead atoms. The van der Waals surface area contributed by atoms with Gasteiger partial charge in [0.2, 0.25) is 0 Å².